The van der Waals surface area contributed by atoms with E-state index in [1.54, 1.807) is 30.3 Å². The first-order valence-corrected chi connectivity index (χ1v) is 6.29. The third kappa shape index (κ3) is 2.29. The number of nitrogens with two attached hydrogens (primary N) is 1. The minimum Gasteiger partial charge on any atom is -0.504 e. The van der Waals surface area contributed by atoms with Crippen LogP contribution < -0.4 is 16.1 Å². The van der Waals surface area contributed by atoms with Crippen LogP contribution in [0.2, 0.25) is 0 Å². The van der Waals surface area contributed by atoms with Gasteiger partial charge in [0.05, 0.1) is 7.11 Å². The maximum atomic E-state index is 11.7. The van der Waals surface area contributed by atoms with E-state index in [1.165, 1.54) is 19.2 Å². The Bertz CT molecular complexity index is 883. The van der Waals surface area contributed by atoms with Crippen LogP contribution >= 0.6 is 0 Å². The Hall–Kier alpha value is -2.95. The van der Waals surface area contributed by atoms with Crippen molar-refractivity contribution in [2.45, 2.75) is 0 Å². The van der Waals surface area contributed by atoms with Crippen LogP contribution in [0.1, 0.15) is 0 Å². The lowest BCUT2D eigenvalue weighted by Gasteiger charge is -2.09. The van der Waals surface area contributed by atoms with Crippen LogP contribution in [0.3, 0.4) is 0 Å². The highest BCUT2D eigenvalue weighted by atomic mass is 16.5. The molecule has 0 unspecified atom stereocenters. The SMILES string of the molecule is COc1ccc(-c2cc(=O)oc3ccc(N)cc23)cc1O. The molecule has 106 valence electrons. The zero-order valence-electron chi connectivity index (χ0n) is 11.3. The Morgan fingerprint density at radius 1 is 1.14 bits per heavy atom. The molecule has 1 aromatic heterocycles. The standard InChI is InChI=1S/C16H13NO4/c1-20-15-4-2-9(6-13(15)18)11-8-16(19)21-14-5-3-10(17)7-12(11)14/h2-8,18H,17H2,1H3. The monoisotopic (exact) mass is 283 g/mol. The highest BCUT2D eigenvalue weighted by Crippen LogP contribution is 2.34. The Morgan fingerprint density at radius 3 is 2.67 bits per heavy atom. The van der Waals surface area contributed by atoms with E-state index in [1.807, 2.05) is 0 Å². The second-order valence-electron chi connectivity index (χ2n) is 4.62. The van der Waals surface area contributed by atoms with Gasteiger partial charge in [0.25, 0.3) is 0 Å². The molecule has 3 N–H and O–H groups in total. The molecule has 21 heavy (non-hydrogen) atoms. The molecule has 0 saturated heterocycles. The van der Waals surface area contributed by atoms with Crippen LogP contribution in [-0.4, -0.2) is 12.2 Å². The molecular weight excluding hydrogens is 270 g/mol. The smallest absolute Gasteiger partial charge is 0.336 e. The zero-order chi connectivity index (χ0) is 15.0. The molecule has 0 saturated carbocycles. The average Bonchev–Trinajstić information content (AvgIpc) is 2.47. The lowest BCUT2D eigenvalue weighted by molar-refractivity contribution is 0.373. The number of ether oxygens (including phenoxy) is 1. The van der Waals surface area contributed by atoms with Crippen LogP contribution in [0.4, 0.5) is 5.69 Å². The lowest BCUT2D eigenvalue weighted by atomic mass is 10.0. The molecule has 5 nitrogen and oxygen atoms in total. The summed E-state index contributed by atoms with van der Waals surface area (Å²) >= 11 is 0. The number of hydrogen-bond acceptors (Lipinski definition) is 5. The van der Waals surface area contributed by atoms with E-state index in [4.69, 9.17) is 14.9 Å². The first-order chi connectivity index (χ1) is 10.1. The van der Waals surface area contributed by atoms with Crippen molar-refractivity contribution in [2.24, 2.45) is 0 Å². The third-order valence-electron chi connectivity index (χ3n) is 3.26. The summed E-state index contributed by atoms with van der Waals surface area (Å²) in [6.07, 6.45) is 0. The van der Waals surface area contributed by atoms with Crippen LogP contribution in [0, 0.1) is 0 Å². The number of fused-ring (bicyclic) bond motifs is 1. The van der Waals surface area contributed by atoms with Gasteiger partial charge < -0.3 is 20.0 Å². The van der Waals surface area contributed by atoms with Gasteiger partial charge in [0.2, 0.25) is 0 Å². The van der Waals surface area contributed by atoms with E-state index in [9.17, 15) is 9.90 Å². The Balaban J connectivity index is 2.31. The molecule has 3 rings (SSSR count). The normalized spacial score (nSPS) is 10.7. The molecular formula is C16H13NO4. The molecule has 5 heteroatoms. The quantitative estimate of drug-likeness (QED) is 0.558. The van der Waals surface area contributed by atoms with Crippen molar-refractivity contribution in [1.82, 2.24) is 0 Å². The molecule has 3 aromatic rings. The summed E-state index contributed by atoms with van der Waals surface area (Å²) in [7, 11) is 1.47. The fourth-order valence-corrected chi connectivity index (χ4v) is 2.28. The summed E-state index contributed by atoms with van der Waals surface area (Å²) in [5, 5.41) is 10.6. The van der Waals surface area contributed by atoms with Crippen LogP contribution in [0.5, 0.6) is 11.5 Å². The van der Waals surface area contributed by atoms with Crippen LogP contribution in [0.15, 0.2) is 51.7 Å². The maximum absolute atomic E-state index is 11.7. The number of rotatable bonds is 2. The highest BCUT2D eigenvalue weighted by molar-refractivity contribution is 5.95. The minimum absolute atomic E-state index is 0.000272. The van der Waals surface area contributed by atoms with Gasteiger partial charge in [-0.1, -0.05) is 6.07 Å². The van der Waals surface area contributed by atoms with Gasteiger partial charge in [-0.2, -0.15) is 0 Å². The van der Waals surface area contributed by atoms with Gasteiger partial charge in [-0.3, -0.25) is 0 Å². The molecule has 0 amide bonds. The van der Waals surface area contributed by atoms with E-state index >= 15 is 0 Å². The number of methoxy groups -OCH3 is 1. The molecule has 2 aromatic carbocycles. The first kappa shape index (κ1) is 13.1. The fraction of sp³-hybridized carbons (Fsp3) is 0.0625. The molecule has 0 aliphatic carbocycles. The molecule has 0 radical (unpaired) electrons. The van der Waals surface area contributed by atoms with E-state index in [0.29, 0.717) is 33.5 Å². The van der Waals surface area contributed by atoms with Crippen molar-refractivity contribution in [2.75, 3.05) is 12.8 Å². The van der Waals surface area contributed by atoms with Crippen molar-refractivity contribution in [3.8, 4) is 22.6 Å². The molecule has 1 heterocycles. The van der Waals surface area contributed by atoms with Crippen molar-refractivity contribution in [1.29, 1.82) is 0 Å². The van der Waals surface area contributed by atoms with Gasteiger partial charge in [0, 0.05) is 22.7 Å². The van der Waals surface area contributed by atoms with Gasteiger partial charge in [-0.05, 0) is 35.9 Å². The Morgan fingerprint density at radius 2 is 1.95 bits per heavy atom. The second kappa shape index (κ2) is 4.86. The van der Waals surface area contributed by atoms with Gasteiger partial charge in [-0.25, -0.2) is 4.79 Å². The van der Waals surface area contributed by atoms with Gasteiger partial charge in [0.15, 0.2) is 11.5 Å². The van der Waals surface area contributed by atoms with Gasteiger partial charge in [-0.15, -0.1) is 0 Å². The summed E-state index contributed by atoms with van der Waals surface area (Å²) in [4.78, 5) is 11.7. The van der Waals surface area contributed by atoms with Crippen molar-refractivity contribution >= 4 is 16.7 Å². The predicted molar refractivity (Wildman–Crippen MR) is 80.5 cm³/mol. The highest BCUT2D eigenvalue weighted by Gasteiger charge is 2.10. The largest absolute Gasteiger partial charge is 0.504 e. The summed E-state index contributed by atoms with van der Waals surface area (Å²) in [5.74, 6) is 0.367. The number of anilines is 1. The minimum atomic E-state index is -0.461. The zero-order valence-corrected chi connectivity index (χ0v) is 11.3. The summed E-state index contributed by atoms with van der Waals surface area (Å²) in [6.45, 7) is 0. The van der Waals surface area contributed by atoms with Gasteiger partial charge >= 0.3 is 5.63 Å². The topological polar surface area (TPSA) is 85.7 Å². The summed E-state index contributed by atoms with van der Waals surface area (Å²) < 4.78 is 10.2. The Kier molecular flexibility index (Phi) is 3.02. The number of nitrogen functional groups attached to an aromatic ring is 1. The summed E-state index contributed by atoms with van der Waals surface area (Å²) in [5.41, 5.74) is 7.67. The molecule has 0 aliphatic heterocycles. The first-order valence-electron chi connectivity index (χ1n) is 6.29. The van der Waals surface area contributed by atoms with E-state index < -0.39 is 5.63 Å². The molecule has 0 atom stereocenters. The number of hydrogen-bond donors (Lipinski definition) is 2. The molecule has 0 spiro atoms. The van der Waals surface area contributed by atoms with Gasteiger partial charge in [0.1, 0.15) is 5.58 Å². The fourth-order valence-electron chi connectivity index (χ4n) is 2.28. The predicted octanol–water partition coefficient (Wildman–Crippen LogP) is 2.76. The molecule has 0 fully saturated rings. The average molecular weight is 283 g/mol. The number of aromatic hydroxyl groups is 1. The lowest BCUT2D eigenvalue weighted by Crippen LogP contribution is -1.98. The molecule has 0 bridgehead atoms. The molecule has 0 aliphatic rings. The van der Waals surface area contributed by atoms with Crippen molar-refractivity contribution < 1.29 is 14.3 Å². The maximum Gasteiger partial charge on any atom is 0.336 e. The van der Waals surface area contributed by atoms with Crippen LogP contribution in [-0.2, 0) is 0 Å². The summed E-state index contributed by atoms with van der Waals surface area (Å²) in [6, 6.07) is 11.4. The van der Waals surface area contributed by atoms with Crippen molar-refractivity contribution in [3.05, 3.63) is 52.9 Å². The second-order valence-corrected chi connectivity index (χ2v) is 4.62. The van der Waals surface area contributed by atoms with E-state index in [-0.39, 0.29) is 5.75 Å². The third-order valence-corrected chi connectivity index (χ3v) is 3.26. The number of phenols is 1. The number of benzene rings is 2. The Labute approximate surface area is 120 Å². The van der Waals surface area contributed by atoms with E-state index in [2.05, 4.69) is 0 Å². The number of phenolic OH excluding ortho intramolecular Hbond substituents is 1. The van der Waals surface area contributed by atoms with Crippen molar-refractivity contribution in [3.63, 3.8) is 0 Å². The van der Waals surface area contributed by atoms with Crippen LogP contribution in [0.25, 0.3) is 22.1 Å². The van der Waals surface area contributed by atoms with E-state index in [0.717, 1.165) is 0 Å².